The van der Waals surface area contributed by atoms with Crippen molar-refractivity contribution in [2.45, 2.75) is 12.8 Å². The molecule has 0 unspecified atom stereocenters. The smallest absolute Gasteiger partial charge is 0.255 e. The summed E-state index contributed by atoms with van der Waals surface area (Å²) in [6, 6.07) is 13.8. The molecule has 1 heterocycles. The van der Waals surface area contributed by atoms with Crippen molar-refractivity contribution in [1.82, 2.24) is 9.80 Å². The Hall–Kier alpha value is -3.39. The number of hydrogen-bond donors (Lipinski definition) is 2. The molecule has 1 fully saturated rings. The number of methoxy groups -OCH3 is 1. The van der Waals surface area contributed by atoms with E-state index in [4.69, 9.17) is 4.74 Å². The van der Waals surface area contributed by atoms with Crippen molar-refractivity contribution < 1.29 is 19.1 Å². The van der Waals surface area contributed by atoms with E-state index < -0.39 is 0 Å². The Morgan fingerprint density at radius 1 is 0.968 bits per heavy atom. The van der Waals surface area contributed by atoms with E-state index in [1.165, 1.54) is 0 Å². The summed E-state index contributed by atoms with van der Waals surface area (Å²) in [6.45, 7) is 1.93. The molecule has 1 saturated heterocycles. The van der Waals surface area contributed by atoms with Gasteiger partial charge in [-0.15, -0.1) is 0 Å². The fourth-order valence-electron chi connectivity index (χ4n) is 3.45. The van der Waals surface area contributed by atoms with Crippen LogP contribution < -0.4 is 15.4 Å². The Bertz CT molecular complexity index is 923. The number of likely N-dealkylation sites (N-methyl/N-ethyl adjacent to an activating group) is 1. The summed E-state index contributed by atoms with van der Waals surface area (Å²) in [6.07, 6.45) is 2.09. The largest absolute Gasteiger partial charge is 0.495 e. The number of benzene rings is 2. The van der Waals surface area contributed by atoms with Gasteiger partial charge in [-0.2, -0.15) is 0 Å². The van der Waals surface area contributed by atoms with Crippen molar-refractivity contribution in [3.8, 4) is 5.75 Å². The molecule has 1 aliphatic heterocycles. The van der Waals surface area contributed by atoms with Crippen LogP contribution in [0.4, 0.5) is 11.4 Å². The van der Waals surface area contributed by atoms with E-state index in [0.29, 0.717) is 22.7 Å². The van der Waals surface area contributed by atoms with E-state index in [1.807, 2.05) is 17.0 Å². The average molecular weight is 425 g/mol. The Balaban J connectivity index is 1.49. The molecule has 1 aliphatic rings. The zero-order chi connectivity index (χ0) is 22.2. The first-order valence-electron chi connectivity index (χ1n) is 10.3. The lowest BCUT2D eigenvalue weighted by Gasteiger charge is -2.20. The minimum absolute atomic E-state index is 0.0539. The maximum absolute atomic E-state index is 12.5. The highest BCUT2D eigenvalue weighted by Gasteiger charge is 2.20. The van der Waals surface area contributed by atoms with Crippen LogP contribution in [0.3, 0.4) is 0 Å². The van der Waals surface area contributed by atoms with Gasteiger partial charge in [0, 0.05) is 24.3 Å². The van der Waals surface area contributed by atoms with Gasteiger partial charge < -0.3 is 20.3 Å². The number of para-hydroxylation sites is 2. The van der Waals surface area contributed by atoms with Crippen molar-refractivity contribution >= 4 is 29.1 Å². The van der Waals surface area contributed by atoms with E-state index in [-0.39, 0.29) is 30.8 Å². The fourth-order valence-corrected chi connectivity index (χ4v) is 3.45. The molecule has 0 aliphatic carbocycles. The van der Waals surface area contributed by atoms with Gasteiger partial charge in [0.1, 0.15) is 5.75 Å². The van der Waals surface area contributed by atoms with E-state index in [1.54, 1.807) is 55.5 Å². The van der Waals surface area contributed by atoms with Crippen LogP contribution in [0.2, 0.25) is 0 Å². The van der Waals surface area contributed by atoms with Crippen molar-refractivity contribution in [2.24, 2.45) is 0 Å². The van der Waals surface area contributed by atoms with Crippen LogP contribution in [0.5, 0.6) is 5.75 Å². The minimum atomic E-state index is -0.275. The third-order valence-corrected chi connectivity index (χ3v) is 5.06. The lowest BCUT2D eigenvalue weighted by Crippen LogP contribution is -2.40. The average Bonchev–Trinajstić information content (AvgIpc) is 3.29. The van der Waals surface area contributed by atoms with Gasteiger partial charge in [-0.1, -0.05) is 12.1 Å². The van der Waals surface area contributed by atoms with Gasteiger partial charge in [0.2, 0.25) is 11.8 Å². The maximum Gasteiger partial charge on any atom is 0.255 e. The normalized spacial score (nSPS) is 13.2. The highest BCUT2D eigenvalue weighted by molar-refractivity contribution is 6.05. The molecule has 31 heavy (non-hydrogen) atoms. The van der Waals surface area contributed by atoms with Gasteiger partial charge in [-0.25, -0.2) is 0 Å². The number of ether oxygens (including phenoxy) is 1. The van der Waals surface area contributed by atoms with Crippen molar-refractivity contribution in [2.75, 3.05) is 51.0 Å². The van der Waals surface area contributed by atoms with Gasteiger partial charge in [0.05, 0.1) is 25.9 Å². The van der Waals surface area contributed by atoms with Crippen LogP contribution in [0.25, 0.3) is 0 Å². The summed E-state index contributed by atoms with van der Waals surface area (Å²) < 4.78 is 5.24. The van der Waals surface area contributed by atoms with E-state index in [2.05, 4.69) is 10.6 Å². The SMILES string of the molecule is COc1ccccc1NC(=O)c1ccc(NC(=O)CN(C)CC(=O)N2CCCC2)cc1. The summed E-state index contributed by atoms with van der Waals surface area (Å²) in [5.74, 6) is 0.135. The summed E-state index contributed by atoms with van der Waals surface area (Å²) in [5, 5.41) is 5.60. The summed E-state index contributed by atoms with van der Waals surface area (Å²) >= 11 is 0. The highest BCUT2D eigenvalue weighted by Crippen LogP contribution is 2.23. The maximum atomic E-state index is 12.5. The topological polar surface area (TPSA) is 91.0 Å². The molecular weight excluding hydrogens is 396 g/mol. The molecular formula is C23H28N4O4. The van der Waals surface area contributed by atoms with Crippen molar-refractivity contribution in [3.05, 3.63) is 54.1 Å². The molecule has 0 atom stereocenters. The molecule has 2 aromatic rings. The number of carbonyl (C=O) groups excluding carboxylic acids is 3. The molecule has 0 saturated carbocycles. The van der Waals surface area contributed by atoms with Crippen LogP contribution in [0.15, 0.2) is 48.5 Å². The lowest BCUT2D eigenvalue weighted by atomic mass is 10.2. The quantitative estimate of drug-likeness (QED) is 0.679. The van der Waals surface area contributed by atoms with Gasteiger partial charge in [-0.3, -0.25) is 19.3 Å². The molecule has 0 aromatic heterocycles. The number of rotatable bonds is 8. The number of hydrogen-bond acceptors (Lipinski definition) is 5. The third kappa shape index (κ3) is 6.29. The second kappa shape index (κ2) is 10.6. The van der Waals surface area contributed by atoms with Crippen LogP contribution in [0.1, 0.15) is 23.2 Å². The monoisotopic (exact) mass is 424 g/mol. The molecule has 0 bridgehead atoms. The summed E-state index contributed by atoms with van der Waals surface area (Å²) in [5.41, 5.74) is 1.62. The van der Waals surface area contributed by atoms with E-state index >= 15 is 0 Å². The Morgan fingerprint density at radius 2 is 1.65 bits per heavy atom. The van der Waals surface area contributed by atoms with Crippen LogP contribution in [-0.2, 0) is 9.59 Å². The van der Waals surface area contributed by atoms with Gasteiger partial charge >= 0.3 is 0 Å². The number of likely N-dealkylation sites (tertiary alicyclic amines) is 1. The Kier molecular flexibility index (Phi) is 7.61. The standard InChI is InChI=1S/C23H28N4O4/c1-26(16-22(29)27-13-5-6-14-27)15-21(28)24-18-11-9-17(10-12-18)23(30)25-19-7-3-4-8-20(19)31-2/h3-4,7-12H,5-6,13-16H2,1-2H3,(H,24,28)(H,25,30). The molecule has 3 amide bonds. The molecule has 8 heteroatoms. The molecule has 0 radical (unpaired) electrons. The molecule has 8 nitrogen and oxygen atoms in total. The first-order chi connectivity index (χ1) is 15.0. The van der Waals surface area contributed by atoms with Crippen molar-refractivity contribution in [1.29, 1.82) is 0 Å². The number of carbonyl (C=O) groups is 3. The minimum Gasteiger partial charge on any atom is -0.495 e. The van der Waals surface area contributed by atoms with Crippen LogP contribution >= 0.6 is 0 Å². The molecule has 3 rings (SSSR count). The Labute approximate surface area is 182 Å². The third-order valence-electron chi connectivity index (χ3n) is 5.06. The number of anilines is 2. The summed E-state index contributed by atoms with van der Waals surface area (Å²) in [7, 11) is 3.29. The second-order valence-electron chi connectivity index (χ2n) is 7.54. The fraction of sp³-hybridized carbons (Fsp3) is 0.348. The first-order valence-corrected chi connectivity index (χ1v) is 10.3. The molecule has 0 spiro atoms. The number of nitrogens with zero attached hydrogens (tertiary/aromatic N) is 2. The number of amides is 3. The van der Waals surface area contributed by atoms with E-state index in [0.717, 1.165) is 25.9 Å². The molecule has 2 N–H and O–H groups in total. The highest BCUT2D eigenvalue weighted by atomic mass is 16.5. The number of nitrogens with one attached hydrogen (secondary N) is 2. The van der Waals surface area contributed by atoms with Crippen LogP contribution in [0, 0.1) is 0 Å². The predicted octanol–water partition coefficient (Wildman–Crippen LogP) is 2.44. The van der Waals surface area contributed by atoms with E-state index in [9.17, 15) is 14.4 Å². The predicted molar refractivity (Wildman–Crippen MR) is 119 cm³/mol. The van der Waals surface area contributed by atoms with Gasteiger partial charge in [0.15, 0.2) is 0 Å². The van der Waals surface area contributed by atoms with Gasteiger partial charge in [0.25, 0.3) is 5.91 Å². The Morgan fingerprint density at radius 3 is 2.32 bits per heavy atom. The lowest BCUT2D eigenvalue weighted by molar-refractivity contribution is -0.131. The van der Waals surface area contributed by atoms with Crippen molar-refractivity contribution in [3.63, 3.8) is 0 Å². The zero-order valence-electron chi connectivity index (χ0n) is 17.9. The zero-order valence-corrected chi connectivity index (χ0v) is 17.9. The molecule has 164 valence electrons. The second-order valence-corrected chi connectivity index (χ2v) is 7.54. The summed E-state index contributed by atoms with van der Waals surface area (Å²) in [4.78, 5) is 40.5. The molecule has 2 aromatic carbocycles. The van der Waals surface area contributed by atoms with Crippen LogP contribution in [-0.4, -0.2) is 67.9 Å². The first kappa shape index (κ1) is 22.3. The van der Waals surface area contributed by atoms with Gasteiger partial charge in [-0.05, 0) is 56.3 Å².